The van der Waals surface area contributed by atoms with Crippen LogP contribution in [0.4, 0.5) is 5.82 Å². The molecule has 1 saturated heterocycles. The highest BCUT2D eigenvalue weighted by atomic mass is 16.5. The zero-order chi connectivity index (χ0) is 20.2. The summed E-state index contributed by atoms with van der Waals surface area (Å²) in [6.07, 6.45) is 0.205. The van der Waals surface area contributed by atoms with Crippen molar-refractivity contribution >= 4 is 16.7 Å². The summed E-state index contributed by atoms with van der Waals surface area (Å²) in [5, 5.41) is 0.922. The number of aromatic nitrogens is 2. The monoisotopic (exact) mass is 391 g/mol. The Kier molecular flexibility index (Phi) is 5.92. The number of rotatable bonds is 6. The highest BCUT2D eigenvalue weighted by Crippen LogP contribution is 2.19. The molecule has 29 heavy (non-hydrogen) atoms. The highest BCUT2D eigenvalue weighted by molar-refractivity contribution is 5.87. The van der Waals surface area contributed by atoms with Crippen LogP contribution in [0.3, 0.4) is 0 Å². The molecule has 3 aromatic rings. The number of fused-ring (bicyclic) bond motifs is 1. The average molecular weight is 392 g/mol. The van der Waals surface area contributed by atoms with Crippen LogP contribution >= 0.6 is 0 Å². The summed E-state index contributed by atoms with van der Waals surface area (Å²) in [6.45, 7) is 9.88. The standard InChI is InChI=1S/C23H29N5O/c1-17(2)29-19-9-7-18(8-10-19)15-27-11-13-28(14-12-27)16-22-25-21-6-4-3-5-20(21)23(24)26-22/h3-10,17H,11-16H2,1-2H3,(H2,24,25,26). The van der Waals surface area contributed by atoms with Crippen LogP contribution in [-0.4, -0.2) is 52.1 Å². The number of anilines is 1. The first kappa shape index (κ1) is 19.6. The minimum Gasteiger partial charge on any atom is -0.491 e. The molecule has 0 aliphatic carbocycles. The molecule has 2 heterocycles. The predicted octanol–water partition coefficient (Wildman–Crippen LogP) is 3.32. The molecule has 0 bridgehead atoms. The topological polar surface area (TPSA) is 67.5 Å². The molecular formula is C23H29N5O. The Balaban J connectivity index is 1.30. The highest BCUT2D eigenvalue weighted by Gasteiger charge is 2.18. The molecule has 0 amide bonds. The second-order valence-corrected chi connectivity index (χ2v) is 7.91. The summed E-state index contributed by atoms with van der Waals surface area (Å²) in [5.74, 6) is 2.30. The molecule has 6 heteroatoms. The molecule has 0 unspecified atom stereocenters. The van der Waals surface area contributed by atoms with Gasteiger partial charge in [-0.05, 0) is 43.7 Å². The maximum absolute atomic E-state index is 6.12. The lowest BCUT2D eigenvalue weighted by Crippen LogP contribution is -2.45. The summed E-state index contributed by atoms with van der Waals surface area (Å²) in [6, 6.07) is 16.4. The lowest BCUT2D eigenvalue weighted by Gasteiger charge is -2.34. The molecule has 1 aliphatic rings. The second kappa shape index (κ2) is 8.76. The van der Waals surface area contributed by atoms with Crippen LogP contribution in [0.5, 0.6) is 5.75 Å². The fraction of sp³-hybridized carbons (Fsp3) is 0.391. The van der Waals surface area contributed by atoms with E-state index in [0.29, 0.717) is 5.82 Å². The Hall–Kier alpha value is -2.70. The van der Waals surface area contributed by atoms with E-state index < -0.39 is 0 Å². The summed E-state index contributed by atoms with van der Waals surface area (Å²) >= 11 is 0. The molecule has 1 aliphatic heterocycles. The van der Waals surface area contributed by atoms with E-state index in [1.807, 2.05) is 38.1 Å². The molecular weight excluding hydrogens is 362 g/mol. The SMILES string of the molecule is CC(C)Oc1ccc(CN2CCN(Cc3nc(N)c4ccccc4n3)CC2)cc1. The van der Waals surface area contributed by atoms with Gasteiger partial charge in [0.05, 0.1) is 18.2 Å². The van der Waals surface area contributed by atoms with E-state index in [2.05, 4.69) is 44.0 Å². The van der Waals surface area contributed by atoms with Gasteiger partial charge in [0.2, 0.25) is 0 Å². The van der Waals surface area contributed by atoms with Crippen molar-refractivity contribution in [1.82, 2.24) is 19.8 Å². The first-order chi connectivity index (χ1) is 14.1. The van der Waals surface area contributed by atoms with Crippen molar-refractivity contribution in [2.24, 2.45) is 0 Å². The van der Waals surface area contributed by atoms with Gasteiger partial charge in [0, 0.05) is 38.1 Å². The lowest BCUT2D eigenvalue weighted by molar-refractivity contribution is 0.120. The minimum atomic E-state index is 0.205. The van der Waals surface area contributed by atoms with E-state index in [4.69, 9.17) is 10.5 Å². The molecule has 0 radical (unpaired) electrons. The largest absolute Gasteiger partial charge is 0.491 e. The fourth-order valence-electron chi connectivity index (χ4n) is 3.73. The fourth-order valence-corrected chi connectivity index (χ4v) is 3.73. The number of para-hydroxylation sites is 1. The van der Waals surface area contributed by atoms with Crippen LogP contribution in [0, 0.1) is 0 Å². The lowest BCUT2D eigenvalue weighted by atomic mass is 10.2. The van der Waals surface area contributed by atoms with Crippen molar-refractivity contribution in [3.05, 3.63) is 59.9 Å². The Morgan fingerprint density at radius 3 is 2.24 bits per heavy atom. The number of nitrogens with two attached hydrogens (primary N) is 1. The normalized spacial score (nSPS) is 15.8. The summed E-state index contributed by atoms with van der Waals surface area (Å²) in [7, 11) is 0. The molecule has 1 fully saturated rings. The third-order valence-electron chi connectivity index (χ3n) is 5.21. The van der Waals surface area contributed by atoms with E-state index in [9.17, 15) is 0 Å². The van der Waals surface area contributed by atoms with E-state index >= 15 is 0 Å². The van der Waals surface area contributed by atoms with Gasteiger partial charge in [0.1, 0.15) is 17.4 Å². The van der Waals surface area contributed by atoms with Gasteiger partial charge >= 0.3 is 0 Å². The van der Waals surface area contributed by atoms with E-state index in [-0.39, 0.29) is 6.10 Å². The molecule has 1 aromatic heterocycles. The minimum absolute atomic E-state index is 0.205. The first-order valence-corrected chi connectivity index (χ1v) is 10.3. The quantitative estimate of drug-likeness (QED) is 0.695. The zero-order valence-electron chi connectivity index (χ0n) is 17.2. The zero-order valence-corrected chi connectivity index (χ0v) is 17.2. The van der Waals surface area contributed by atoms with Crippen LogP contribution in [0.1, 0.15) is 25.2 Å². The van der Waals surface area contributed by atoms with Gasteiger partial charge < -0.3 is 10.5 Å². The van der Waals surface area contributed by atoms with Crippen LogP contribution in [0.25, 0.3) is 10.9 Å². The number of hydrogen-bond donors (Lipinski definition) is 1. The van der Waals surface area contributed by atoms with Crippen LogP contribution in [0.15, 0.2) is 48.5 Å². The van der Waals surface area contributed by atoms with Gasteiger partial charge in [-0.15, -0.1) is 0 Å². The average Bonchev–Trinajstić information content (AvgIpc) is 2.71. The summed E-state index contributed by atoms with van der Waals surface area (Å²) < 4.78 is 5.72. The third kappa shape index (κ3) is 5.02. The molecule has 6 nitrogen and oxygen atoms in total. The third-order valence-corrected chi connectivity index (χ3v) is 5.21. The molecule has 2 N–H and O–H groups in total. The first-order valence-electron chi connectivity index (χ1n) is 10.3. The van der Waals surface area contributed by atoms with Crippen molar-refractivity contribution in [3.63, 3.8) is 0 Å². The number of benzene rings is 2. The van der Waals surface area contributed by atoms with Crippen molar-refractivity contribution in [1.29, 1.82) is 0 Å². The van der Waals surface area contributed by atoms with Gasteiger partial charge in [-0.2, -0.15) is 0 Å². The number of hydrogen-bond acceptors (Lipinski definition) is 6. The van der Waals surface area contributed by atoms with E-state index in [0.717, 1.165) is 61.7 Å². The van der Waals surface area contributed by atoms with Crippen LogP contribution in [0.2, 0.25) is 0 Å². The number of ether oxygens (including phenoxy) is 1. The maximum Gasteiger partial charge on any atom is 0.145 e. The van der Waals surface area contributed by atoms with Crippen molar-refractivity contribution in [2.45, 2.75) is 33.0 Å². The molecule has 4 rings (SSSR count). The number of nitrogens with zero attached hydrogens (tertiary/aromatic N) is 4. The van der Waals surface area contributed by atoms with Crippen molar-refractivity contribution in [2.75, 3.05) is 31.9 Å². The Bertz CT molecular complexity index is 949. The van der Waals surface area contributed by atoms with E-state index in [1.165, 1.54) is 5.56 Å². The number of piperazine rings is 1. The molecule has 0 atom stereocenters. The van der Waals surface area contributed by atoms with E-state index in [1.54, 1.807) is 0 Å². The molecule has 152 valence electrons. The molecule has 0 spiro atoms. The smallest absolute Gasteiger partial charge is 0.145 e. The Morgan fingerprint density at radius 1 is 0.897 bits per heavy atom. The predicted molar refractivity (Wildman–Crippen MR) is 117 cm³/mol. The Labute approximate surface area is 172 Å². The number of nitrogen functional groups attached to an aromatic ring is 1. The summed E-state index contributed by atoms with van der Waals surface area (Å²) in [5.41, 5.74) is 8.36. The van der Waals surface area contributed by atoms with Gasteiger partial charge in [0.25, 0.3) is 0 Å². The summed E-state index contributed by atoms with van der Waals surface area (Å²) in [4.78, 5) is 14.1. The van der Waals surface area contributed by atoms with Crippen LogP contribution in [-0.2, 0) is 13.1 Å². The second-order valence-electron chi connectivity index (χ2n) is 7.91. The van der Waals surface area contributed by atoms with Crippen molar-refractivity contribution in [3.8, 4) is 5.75 Å². The Morgan fingerprint density at radius 2 is 1.55 bits per heavy atom. The molecule has 2 aromatic carbocycles. The molecule has 0 saturated carbocycles. The van der Waals surface area contributed by atoms with Crippen LogP contribution < -0.4 is 10.5 Å². The van der Waals surface area contributed by atoms with Gasteiger partial charge in [-0.3, -0.25) is 9.80 Å². The van der Waals surface area contributed by atoms with Crippen molar-refractivity contribution < 1.29 is 4.74 Å². The maximum atomic E-state index is 6.12. The van der Waals surface area contributed by atoms with Gasteiger partial charge in [-0.1, -0.05) is 24.3 Å². The van der Waals surface area contributed by atoms with Gasteiger partial charge in [-0.25, -0.2) is 9.97 Å². The van der Waals surface area contributed by atoms with Gasteiger partial charge in [0.15, 0.2) is 0 Å².